The van der Waals surface area contributed by atoms with Crippen molar-refractivity contribution in [1.29, 1.82) is 0 Å². The van der Waals surface area contributed by atoms with Gasteiger partial charge in [0.05, 0.1) is 0 Å². The molecule has 0 unspecified atom stereocenters. The Bertz CT molecular complexity index is 108. The molecule has 0 N–H and O–H groups in total. The summed E-state index contributed by atoms with van der Waals surface area (Å²) in [6.07, 6.45) is 17.2. The van der Waals surface area contributed by atoms with E-state index in [4.69, 9.17) is 0 Å². The summed E-state index contributed by atoms with van der Waals surface area (Å²) >= 11 is 0. The van der Waals surface area contributed by atoms with Crippen molar-refractivity contribution in [2.45, 2.75) is 78.1 Å². The maximum absolute atomic E-state index is 3.66. The molecule has 96 valence electrons. The highest BCUT2D eigenvalue weighted by Gasteiger charge is 1.82. The summed E-state index contributed by atoms with van der Waals surface area (Å²) in [5, 5.41) is 0. The van der Waals surface area contributed by atoms with Crippen molar-refractivity contribution in [1.82, 2.24) is 0 Å². The van der Waals surface area contributed by atoms with Crippen molar-refractivity contribution >= 4 is 0 Å². The van der Waals surface area contributed by atoms with Crippen LogP contribution in [0.1, 0.15) is 78.1 Å². The maximum Gasteiger partial charge on any atom is -0.0353 e. The largest absolute Gasteiger partial charge is 0.103 e. The average molecular weight is 224 g/mol. The van der Waals surface area contributed by atoms with Gasteiger partial charge in [0.2, 0.25) is 0 Å². The zero-order chi connectivity index (χ0) is 12.5. The van der Waals surface area contributed by atoms with Gasteiger partial charge in [-0.1, -0.05) is 64.5 Å². The van der Waals surface area contributed by atoms with Crippen LogP contribution in [0.15, 0.2) is 25.3 Å². The predicted octanol–water partition coefficient (Wildman–Crippen LogP) is 6.29. The molecular weight excluding hydrogens is 192 g/mol. The number of unbranched alkanes of at least 4 members (excludes halogenated alkanes) is 8. The van der Waals surface area contributed by atoms with Gasteiger partial charge in [-0.05, 0) is 25.7 Å². The van der Waals surface area contributed by atoms with Crippen LogP contribution in [-0.2, 0) is 0 Å². The Morgan fingerprint density at radius 3 is 1.25 bits per heavy atom. The van der Waals surface area contributed by atoms with Crippen molar-refractivity contribution in [3.63, 3.8) is 0 Å². The molecule has 0 saturated heterocycles. The lowest BCUT2D eigenvalue weighted by atomic mass is 10.2. The van der Waals surface area contributed by atoms with E-state index in [2.05, 4.69) is 27.0 Å². The van der Waals surface area contributed by atoms with Crippen LogP contribution in [0.2, 0.25) is 0 Å². The van der Waals surface area contributed by atoms with Crippen LogP contribution in [-0.4, -0.2) is 0 Å². The van der Waals surface area contributed by atoms with Crippen LogP contribution in [0.3, 0.4) is 0 Å². The monoisotopic (exact) mass is 224 g/mol. The highest BCUT2D eigenvalue weighted by atomic mass is 13.9. The molecule has 0 nitrogen and oxygen atoms in total. The van der Waals surface area contributed by atoms with Crippen molar-refractivity contribution in [3.05, 3.63) is 25.3 Å². The van der Waals surface area contributed by atoms with Crippen LogP contribution in [0.5, 0.6) is 0 Å². The van der Waals surface area contributed by atoms with E-state index in [0.29, 0.717) is 0 Å². The van der Waals surface area contributed by atoms with Gasteiger partial charge >= 0.3 is 0 Å². The molecule has 16 heavy (non-hydrogen) atoms. The van der Waals surface area contributed by atoms with E-state index in [1.807, 2.05) is 12.2 Å². The number of allylic oxidation sites excluding steroid dienone is 2. The molecule has 0 radical (unpaired) electrons. The molecule has 0 heteroatoms. The van der Waals surface area contributed by atoms with E-state index < -0.39 is 0 Å². The number of hydrogen-bond donors (Lipinski definition) is 0. The number of rotatable bonds is 10. The maximum atomic E-state index is 3.66. The summed E-state index contributed by atoms with van der Waals surface area (Å²) in [7, 11) is 0. The first-order valence-electron chi connectivity index (χ1n) is 7.05. The molecule has 0 aliphatic carbocycles. The second-order valence-electron chi connectivity index (χ2n) is 4.28. The minimum absolute atomic E-state index is 1.19. The fourth-order valence-corrected chi connectivity index (χ4v) is 1.43. The van der Waals surface area contributed by atoms with Crippen LogP contribution >= 0.6 is 0 Å². The lowest BCUT2D eigenvalue weighted by Crippen LogP contribution is -1.71. The van der Waals surface area contributed by atoms with Gasteiger partial charge in [0.15, 0.2) is 0 Å². The van der Waals surface area contributed by atoms with E-state index >= 15 is 0 Å². The molecular formula is C16H32. The second kappa shape index (κ2) is 20.0. The number of hydrogen-bond acceptors (Lipinski definition) is 0. The van der Waals surface area contributed by atoms with Gasteiger partial charge in [-0.15, -0.1) is 13.2 Å². The van der Waals surface area contributed by atoms with E-state index in [-0.39, 0.29) is 0 Å². The molecule has 0 spiro atoms. The molecule has 0 saturated carbocycles. The third-order valence-electron chi connectivity index (χ3n) is 2.52. The van der Waals surface area contributed by atoms with Crippen molar-refractivity contribution < 1.29 is 0 Å². The summed E-state index contributed by atoms with van der Waals surface area (Å²) < 4.78 is 0. The van der Waals surface area contributed by atoms with Gasteiger partial charge in [-0.2, -0.15) is 0 Å². The van der Waals surface area contributed by atoms with Crippen LogP contribution in [0, 0.1) is 0 Å². The summed E-state index contributed by atoms with van der Waals surface area (Å²) in [6, 6.07) is 0. The molecule has 0 aromatic heterocycles. The normalized spacial score (nSPS) is 9.12. The van der Waals surface area contributed by atoms with Gasteiger partial charge in [-0.3, -0.25) is 0 Å². The average Bonchev–Trinajstić information content (AvgIpc) is 2.31. The van der Waals surface area contributed by atoms with Crippen molar-refractivity contribution in [2.24, 2.45) is 0 Å². The minimum Gasteiger partial charge on any atom is -0.103 e. The van der Waals surface area contributed by atoms with Gasteiger partial charge in [0.25, 0.3) is 0 Å². The van der Waals surface area contributed by atoms with Crippen molar-refractivity contribution in [2.75, 3.05) is 0 Å². The molecule has 0 aliphatic heterocycles. The molecule has 0 aromatic carbocycles. The van der Waals surface area contributed by atoms with Gasteiger partial charge < -0.3 is 0 Å². The first-order chi connectivity index (χ1) is 7.83. The van der Waals surface area contributed by atoms with Crippen LogP contribution in [0.4, 0.5) is 0 Å². The Labute approximate surface area is 104 Å². The standard InChI is InChI=1S/2C8H16/c2*1-3-5-7-8-6-4-2/h2*3H,1,4-8H2,2H3. The summed E-state index contributed by atoms with van der Waals surface area (Å²) in [4.78, 5) is 0. The molecule has 0 bridgehead atoms. The van der Waals surface area contributed by atoms with Gasteiger partial charge in [-0.25, -0.2) is 0 Å². The Balaban J connectivity index is 0. The fraction of sp³-hybridized carbons (Fsp3) is 0.750. The SMILES string of the molecule is C=CCCCCCC.C=CCCCCCC. The third-order valence-corrected chi connectivity index (χ3v) is 2.52. The van der Waals surface area contributed by atoms with E-state index in [9.17, 15) is 0 Å². The van der Waals surface area contributed by atoms with E-state index in [0.717, 1.165) is 0 Å². The van der Waals surface area contributed by atoms with Gasteiger partial charge in [0, 0.05) is 0 Å². The Morgan fingerprint density at radius 2 is 1.00 bits per heavy atom. The van der Waals surface area contributed by atoms with E-state index in [1.54, 1.807) is 0 Å². The Morgan fingerprint density at radius 1 is 0.625 bits per heavy atom. The smallest absolute Gasteiger partial charge is 0.0353 e. The quantitative estimate of drug-likeness (QED) is 0.302. The summed E-state index contributed by atoms with van der Waals surface area (Å²) in [5.41, 5.74) is 0. The lowest BCUT2D eigenvalue weighted by molar-refractivity contribution is 0.675. The highest BCUT2D eigenvalue weighted by molar-refractivity contribution is 4.65. The molecule has 0 aliphatic rings. The highest BCUT2D eigenvalue weighted by Crippen LogP contribution is 2.02. The summed E-state index contributed by atoms with van der Waals surface area (Å²) in [5.74, 6) is 0. The molecule has 0 aromatic rings. The fourth-order valence-electron chi connectivity index (χ4n) is 1.43. The molecule has 0 atom stereocenters. The predicted molar refractivity (Wildman–Crippen MR) is 77.9 cm³/mol. The second-order valence-corrected chi connectivity index (χ2v) is 4.28. The topological polar surface area (TPSA) is 0 Å². The first-order valence-corrected chi connectivity index (χ1v) is 7.05. The van der Waals surface area contributed by atoms with Gasteiger partial charge in [0.1, 0.15) is 0 Å². The Kier molecular flexibility index (Phi) is 22.3. The molecule has 0 amide bonds. The first kappa shape index (κ1) is 17.9. The minimum atomic E-state index is 1.19. The zero-order valence-electron chi connectivity index (χ0n) is 11.6. The lowest BCUT2D eigenvalue weighted by Gasteiger charge is -1.91. The molecule has 0 fully saturated rings. The third kappa shape index (κ3) is 23.4. The molecule has 0 rings (SSSR count). The van der Waals surface area contributed by atoms with Crippen molar-refractivity contribution in [3.8, 4) is 0 Å². The van der Waals surface area contributed by atoms with Crippen LogP contribution in [0.25, 0.3) is 0 Å². The zero-order valence-corrected chi connectivity index (χ0v) is 11.6. The van der Waals surface area contributed by atoms with Crippen LogP contribution < -0.4 is 0 Å². The molecule has 0 heterocycles. The van der Waals surface area contributed by atoms with E-state index in [1.165, 1.54) is 64.2 Å². The Hall–Kier alpha value is -0.520. The summed E-state index contributed by atoms with van der Waals surface area (Å²) in [6.45, 7) is 11.8.